The molecule has 1 aliphatic rings. The average Bonchev–Trinajstić information content (AvgIpc) is 2.29. The van der Waals surface area contributed by atoms with Crippen LogP contribution in [0.5, 0.6) is 0 Å². The Hall–Kier alpha value is -0.860. The molecule has 1 aromatic rings. The molecule has 0 bridgehead atoms. The van der Waals surface area contributed by atoms with Crippen molar-refractivity contribution in [2.24, 2.45) is 11.1 Å². The van der Waals surface area contributed by atoms with Gasteiger partial charge in [0.15, 0.2) is 0 Å². The molecular formula is C16H26N2. The van der Waals surface area contributed by atoms with Gasteiger partial charge < -0.3 is 5.73 Å². The molecule has 0 radical (unpaired) electrons. The Morgan fingerprint density at radius 1 is 1.33 bits per heavy atom. The molecule has 2 nitrogen and oxygen atoms in total. The van der Waals surface area contributed by atoms with Gasteiger partial charge in [-0.05, 0) is 43.4 Å². The molecule has 1 atom stereocenters. The minimum Gasteiger partial charge on any atom is -0.326 e. The third-order valence-electron chi connectivity index (χ3n) is 4.43. The van der Waals surface area contributed by atoms with Crippen LogP contribution in [0.25, 0.3) is 0 Å². The van der Waals surface area contributed by atoms with Crippen molar-refractivity contribution in [3.63, 3.8) is 0 Å². The lowest BCUT2D eigenvalue weighted by Crippen LogP contribution is -2.52. The molecule has 2 heteroatoms. The highest BCUT2D eigenvalue weighted by atomic mass is 15.1. The predicted octanol–water partition coefficient (Wildman–Crippen LogP) is 2.86. The maximum Gasteiger partial charge on any atom is 0.0237 e. The first kappa shape index (κ1) is 13.6. The zero-order valence-corrected chi connectivity index (χ0v) is 12.2. The van der Waals surface area contributed by atoms with Crippen molar-refractivity contribution in [1.82, 2.24) is 4.90 Å². The van der Waals surface area contributed by atoms with E-state index in [1.807, 2.05) is 0 Å². The molecule has 0 aromatic heterocycles. The van der Waals surface area contributed by atoms with Crippen molar-refractivity contribution < 1.29 is 0 Å². The Labute approximate surface area is 111 Å². The molecule has 1 aromatic carbocycles. The van der Waals surface area contributed by atoms with E-state index in [1.165, 1.54) is 23.1 Å². The van der Waals surface area contributed by atoms with Crippen LogP contribution in [-0.4, -0.2) is 24.0 Å². The lowest BCUT2D eigenvalue weighted by Gasteiger charge is -2.42. The molecule has 1 fully saturated rings. The summed E-state index contributed by atoms with van der Waals surface area (Å²) in [5, 5.41) is 0. The standard InChI is InChI=1S/C16H26N2/c1-12-5-6-13(2)14(9-12)10-18-8-7-16(3,4)15(17)11-18/h5-6,9,15H,7-8,10-11,17H2,1-4H3. The highest BCUT2D eigenvalue weighted by molar-refractivity contribution is 5.30. The van der Waals surface area contributed by atoms with Gasteiger partial charge >= 0.3 is 0 Å². The molecule has 0 amide bonds. The van der Waals surface area contributed by atoms with Gasteiger partial charge in [0.25, 0.3) is 0 Å². The predicted molar refractivity (Wildman–Crippen MR) is 77.6 cm³/mol. The quantitative estimate of drug-likeness (QED) is 0.869. The summed E-state index contributed by atoms with van der Waals surface area (Å²) >= 11 is 0. The summed E-state index contributed by atoms with van der Waals surface area (Å²) in [4.78, 5) is 2.50. The fourth-order valence-corrected chi connectivity index (χ4v) is 2.60. The molecule has 100 valence electrons. The van der Waals surface area contributed by atoms with E-state index in [4.69, 9.17) is 5.73 Å². The lowest BCUT2D eigenvalue weighted by atomic mass is 9.78. The van der Waals surface area contributed by atoms with Crippen LogP contribution >= 0.6 is 0 Å². The molecule has 1 unspecified atom stereocenters. The van der Waals surface area contributed by atoms with Crippen LogP contribution in [0.1, 0.15) is 37.0 Å². The van der Waals surface area contributed by atoms with Gasteiger partial charge in [-0.1, -0.05) is 37.6 Å². The third-order valence-corrected chi connectivity index (χ3v) is 4.43. The molecule has 0 spiro atoms. The number of rotatable bonds is 2. The van der Waals surface area contributed by atoms with E-state index in [2.05, 4.69) is 50.8 Å². The van der Waals surface area contributed by atoms with Crippen LogP contribution in [0.2, 0.25) is 0 Å². The Morgan fingerprint density at radius 3 is 2.72 bits per heavy atom. The summed E-state index contributed by atoms with van der Waals surface area (Å²) in [5.41, 5.74) is 10.8. The van der Waals surface area contributed by atoms with Crippen molar-refractivity contribution >= 4 is 0 Å². The number of hydrogen-bond acceptors (Lipinski definition) is 2. The zero-order valence-electron chi connectivity index (χ0n) is 12.2. The summed E-state index contributed by atoms with van der Waals surface area (Å²) in [6.07, 6.45) is 1.19. The van der Waals surface area contributed by atoms with E-state index in [1.54, 1.807) is 0 Å². The van der Waals surface area contributed by atoms with Crippen LogP contribution in [0, 0.1) is 19.3 Å². The summed E-state index contributed by atoms with van der Waals surface area (Å²) in [6.45, 7) is 12.1. The minimum atomic E-state index is 0.288. The summed E-state index contributed by atoms with van der Waals surface area (Å²) < 4.78 is 0. The van der Waals surface area contributed by atoms with Crippen LogP contribution in [-0.2, 0) is 6.54 Å². The Balaban J connectivity index is 2.05. The van der Waals surface area contributed by atoms with E-state index >= 15 is 0 Å². The monoisotopic (exact) mass is 246 g/mol. The second kappa shape index (κ2) is 5.02. The summed E-state index contributed by atoms with van der Waals surface area (Å²) in [6, 6.07) is 7.00. The van der Waals surface area contributed by atoms with Gasteiger partial charge in [0.1, 0.15) is 0 Å². The van der Waals surface area contributed by atoms with Gasteiger partial charge in [-0.25, -0.2) is 0 Å². The first-order valence-electron chi connectivity index (χ1n) is 6.92. The highest BCUT2D eigenvalue weighted by Crippen LogP contribution is 2.30. The lowest BCUT2D eigenvalue weighted by molar-refractivity contribution is 0.101. The second-order valence-electron chi connectivity index (χ2n) is 6.51. The van der Waals surface area contributed by atoms with Gasteiger partial charge in [-0.15, -0.1) is 0 Å². The van der Waals surface area contributed by atoms with Crippen molar-refractivity contribution in [3.05, 3.63) is 34.9 Å². The number of hydrogen-bond donors (Lipinski definition) is 1. The number of nitrogens with two attached hydrogens (primary N) is 1. The first-order valence-corrected chi connectivity index (χ1v) is 6.92. The normalized spacial score (nSPS) is 24.2. The van der Waals surface area contributed by atoms with Crippen molar-refractivity contribution in [2.75, 3.05) is 13.1 Å². The zero-order chi connectivity index (χ0) is 13.3. The van der Waals surface area contributed by atoms with E-state index in [9.17, 15) is 0 Å². The fourth-order valence-electron chi connectivity index (χ4n) is 2.60. The first-order chi connectivity index (χ1) is 8.38. The fraction of sp³-hybridized carbons (Fsp3) is 0.625. The highest BCUT2D eigenvalue weighted by Gasteiger charge is 2.32. The molecular weight excluding hydrogens is 220 g/mol. The molecule has 18 heavy (non-hydrogen) atoms. The van der Waals surface area contributed by atoms with E-state index in [-0.39, 0.29) is 11.5 Å². The summed E-state index contributed by atoms with van der Waals surface area (Å²) in [5.74, 6) is 0. The number of nitrogens with zero attached hydrogens (tertiary/aromatic N) is 1. The Bertz CT molecular complexity index is 423. The van der Waals surface area contributed by atoms with E-state index in [0.29, 0.717) is 0 Å². The number of aryl methyl sites for hydroxylation is 2. The van der Waals surface area contributed by atoms with Crippen LogP contribution in [0.15, 0.2) is 18.2 Å². The molecule has 0 aliphatic carbocycles. The van der Waals surface area contributed by atoms with Crippen LogP contribution < -0.4 is 5.73 Å². The van der Waals surface area contributed by atoms with Crippen LogP contribution in [0.3, 0.4) is 0 Å². The molecule has 1 saturated heterocycles. The van der Waals surface area contributed by atoms with Crippen molar-refractivity contribution in [3.8, 4) is 0 Å². The maximum absolute atomic E-state index is 6.28. The number of benzene rings is 1. The third kappa shape index (κ3) is 2.93. The van der Waals surface area contributed by atoms with E-state index < -0.39 is 0 Å². The van der Waals surface area contributed by atoms with E-state index in [0.717, 1.165) is 19.6 Å². The SMILES string of the molecule is Cc1ccc(C)c(CN2CCC(C)(C)C(N)C2)c1. The summed E-state index contributed by atoms with van der Waals surface area (Å²) in [7, 11) is 0. The molecule has 2 N–H and O–H groups in total. The number of likely N-dealkylation sites (tertiary alicyclic amines) is 1. The van der Waals surface area contributed by atoms with Gasteiger partial charge in [-0.2, -0.15) is 0 Å². The second-order valence-corrected chi connectivity index (χ2v) is 6.51. The molecule has 1 heterocycles. The Kier molecular flexibility index (Phi) is 3.79. The van der Waals surface area contributed by atoms with Crippen LogP contribution in [0.4, 0.5) is 0 Å². The largest absolute Gasteiger partial charge is 0.326 e. The van der Waals surface area contributed by atoms with Crippen molar-refractivity contribution in [1.29, 1.82) is 0 Å². The minimum absolute atomic E-state index is 0.288. The maximum atomic E-state index is 6.28. The molecule has 2 rings (SSSR count). The smallest absolute Gasteiger partial charge is 0.0237 e. The van der Waals surface area contributed by atoms with Gasteiger partial charge in [-0.3, -0.25) is 4.90 Å². The van der Waals surface area contributed by atoms with Crippen molar-refractivity contribution in [2.45, 2.75) is 46.7 Å². The van der Waals surface area contributed by atoms with Gasteiger partial charge in [0.2, 0.25) is 0 Å². The Morgan fingerprint density at radius 2 is 2.06 bits per heavy atom. The topological polar surface area (TPSA) is 29.3 Å². The number of piperidine rings is 1. The molecule has 0 saturated carbocycles. The average molecular weight is 246 g/mol. The van der Waals surface area contributed by atoms with Gasteiger partial charge in [0.05, 0.1) is 0 Å². The molecule has 1 aliphatic heterocycles. The van der Waals surface area contributed by atoms with Gasteiger partial charge in [0, 0.05) is 19.1 Å².